The van der Waals surface area contributed by atoms with Crippen LogP contribution in [0.1, 0.15) is 38.5 Å². The minimum absolute atomic E-state index is 0.0163. The fourth-order valence-electron chi connectivity index (χ4n) is 4.92. The third-order valence-electron chi connectivity index (χ3n) is 6.00. The lowest BCUT2D eigenvalue weighted by molar-refractivity contribution is -0.226. The van der Waals surface area contributed by atoms with Crippen molar-refractivity contribution >= 4 is 11.6 Å². The number of hydrogen-bond donors (Lipinski definition) is 0. The van der Waals surface area contributed by atoms with E-state index in [0.29, 0.717) is 6.42 Å². The first-order valence-corrected chi connectivity index (χ1v) is 8.65. The number of hydrogen-bond acceptors (Lipinski definition) is 5. The summed E-state index contributed by atoms with van der Waals surface area (Å²) in [5.41, 5.74) is 0. The predicted molar refractivity (Wildman–Crippen MR) is 79.0 cm³/mol. The van der Waals surface area contributed by atoms with Gasteiger partial charge in [0.2, 0.25) is 6.29 Å². The van der Waals surface area contributed by atoms with Crippen LogP contribution in [0.25, 0.3) is 0 Å². The molecule has 0 aromatic heterocycles. The van der Waals surface area contributed by atoms with Crippen molar-refractivity contribution < 1.29 is 23.8 Å². The summed E-state index contributed by atoms with van der Waals surface area (Å²) in [5.74, 6) is -0.504. The molecule has 122 valence electrons. The van der Waals surface area contributed by atoms with Gasteiger partial charge in [0.25, 0.3) is 0 Å². The van der Waals surface area contributed by atoms with Crippen molar-refractivity contribution in [2.45, 2.75) is 56.7 Å². The SMILES string of the molecule is O=C1C=CC(=O)C2C1CC=C1OC3OC4(CCCCC4)OC3C12. The third kappa shape index (κ3) is 1.93. The minimum Gasteiger partial charge on any atom is -0.466 e. The van der Waals surface area contributed by atoms with Gasteiger partial charge in [-0.05, 0) is 37.5 Å². The first-order valence-electron chi connectivity index (χ1n) is 8.65. The normalized spacial score (nSPS) is 43.7. The monoisotopic (exact) mass is 316 g/mol. The molecule has 0 amide bonds. The summed E-state index contributed by atoms with van der Waals surface area (Å²) in [7, 11) is 0. The quantitative estimate of drug-likeness (QED) is 0.686. The van der Waals surface area contributed by atoms with Gasteiger partial charge in [-0.3, -0.25) is 9.59 Å². The summed E-state index contributed by atoms with van der Waals surface area (Å²) in [6.45, 7) is 0. The Labute approximate surface area is 134 Å². The Morgan fingerprint density at radius 2 is 1.74 bits per heavy atom. The fourth-order valence-corrected chi connectivity index (χ4v) is 4.92. The lowest BCUT2D eigenvalue weighted by Gasteiger charge is -2.37. The Morgan fingerprint density at radius 3 is 2.57 bits per heavy atom. The van der Waals surface area contributed by atoms with E-state index in [4.69, 9.17) is 14.2 Å². The molecule has 5 atom stereocenters. The molecule has 23 heavy (non-hydrogen) atoms. The van der Waals surface area contributed by atoms with Gasteiger partial charge in [-0.1, -0.05) is 6.42 Å². The Kier molecular flexibility index (Phi) is 2.89. The van der Waals surface area contributed by atoms with Gasteiger partial charge in [-0.2, -0.15) is 0 Å². The highest BCUT2D eigenvalue weighted by atomic mass is 16.8. The molecular formula is C18H20O5. The van der Waals surface area contributed by atoms with Crippen LogP contribution in [0.15, 0.2) is 24.0 Å². The summed E-state index contributed by atoms with van der Waals surface area (Å²) in [6.07, 6.45) is 9.83. The number of ketones is 2. The molecule has 0 bridgehead atoms. The molecule has 0 radical (unpaired) electrons. The second-order valence-electron chi connectivity index (χ2n) is 7.30. The van der Waals surface area contributed by atoms with Gasteiger partial charge < -0.3 is 14.2 Å². The van der Waals surface area contributed by atoms with Crippen molar-refractivity contribution in [1.29, 1.82) is 0 Å². The number of carbonyl (C=O) groups excluding carboxylic acids is 2. The number of carbonyl (C=O) groups is 2. The predicted octanol–water partition coefficient (Wildman–Crippen LogP) is 2.26. The zero-order valence-corrected chi connectivity index (χ0v) is 12.9. The Bertz CT molecular complexity index is 627. The van der Waals surface area contributed by atoms with Crippen LogP contribution in [0.2, 0.25) is 0 Å². The molecule has 3 aliphatic carbocycles. The van der Waals surface area contributed by atoms with Gasteiger partial charge in [0, 0.05) is 24.7 Å². The van der Waals surface area contributed by atoms with Crippen LogP contribution in [0, 0.1) is 17.8 Å². The van der Waals surface area contributed by atoms with E-state index in [1.165, 1.54) is 18.6 Å². The van der Waals surface area contributed by atoms with Crippen LogP contribution < -0.4 is 0 Å². The van der Waals surface area contributed by atoms with Crippen molar-refractivity contribution in [3.63, 3.8) is 0 Å². The van der Waals surface area contributed by atoms with Crippen molar-refractivity contribution in [2.24, 2.45) is 17.8 Å². The van der Waals surface area contributed by atoms with Crippen LogP contribution in [0.5, 0.6) is 0 Å². The maximum atomic E-state index is 12.5. The molecule has 5 unspecified atom stereocenters. The van der Waals surface area contributed by atoms with Gasteiger partial charge in [-0.25, -0.2) is 0 Å². The summed E-state index contributed by atoms with van der Waals surface area (Å²) < 4.78 is 18.5. The third-order valence-corrected chi connectivity index (χ3v) is 6.00. The Balaban J connectivity index is 1.48. The highest BCUT2D eigenvalue weighted by Crippen LogP contribution is 2.53. The lowest BCUT2D eigenvalue weighted by Crippen LogP contribution is -2.44. The van der Waals surface area contributed by atoms with Gasteiger partial charge in [-0.15, -0.1) is 0 Å². The smallest absolute Gasteiger partial charge is 0.229 e. The molecule has 5 rings (SSSR count). The average molecular weight is 316 g/mol. The number of rotatable bonds is 0. The van der Waals surface area contributed by atoms with E-state index in [9.17, 15) is 9.59 Å². The minimum atomic E-state index is -0.538. The van der Waals surface area contributed by atoms with Crippen LogP contribution in [-0.4, -0.2) is 29.7 Å². The standard InChI is InChI=1S/C18H20O5/c19-11-5-6-12(20)14-10(11)4-7-13-15(14)16-17(21-13)23-18(22-16)8-2-1-3-9-18/h5-7,10,14-17H,1-4,8-9H2. The van der Waals surface area contributed by atoms with Crippen LogP contribution in [0.4, 0.5) is 0 Å². The van der Waals surface area contributed by atoms with E-state index < -0.39 is 12.1 Å². The largest absolute Gasteiger partial charge is 0.466 e. The highest BCUT2D eigenvalue weighted by molar-refractivity contribution is 6.07. The molecule has 1 spiro atoms. The second kappa shape index (κ2) is 4.77. The Morgan fingerprint density at radius 1 is 0.957 bits per heavy atom. The van der Waals surface area contributed by atoms with E-state index in [2.05, 4.69) is 0 Å². The summed E-state index contributed by atoms with van der Waals surface area (Å²) in [5, 5.41) is 0. The summed E-state index contributed by atoms with van der Waals surface area (Å²) >= 11 is 0. The molecule has 0 N–H and O–H groups in total. The van der Waals surface area contributed by atoms with Crippen molar-refractivity contribution in [3.05, 3.63) is 24.0 Å². The van der Waals surface area contributed by atoms with Gasteiger partial charge >= 0.3 is 0 Å². The lowest BCUT2D eigenvalue weighted by atomic mass is 9.67. The maximum absolute atomic E-state index is 12.5. The zero-order valence-electron chi connectivity index (χ0n) is 12.9. The van der Waals surface area contributed by atoms with Crippen molar-refractivity contribution in [2.75, 3.05) is 0 Å². The van der Waals surface area contributed by atoms with Crippen molar-refractivity contribution in [3.8, 4) is 0 Å². The van der Waals surface area contributed by atoms with Crippen LogP contribution in [-0.2, 0) is 23.8 Å². The average Bonchev–Trinajstić information content (AvgIpc) is 3.05. The number of fused-ring (bicyclic) bond motifs is 5. The summed E-state index contributed by atoms with van der Waals surface area (Å²) in [6, 6.07) is 0. The molecule has 5 heteroatoms. The van der Waals surface area contributed by atoms with Gasteiger partial charge in [0.05, 0.1) is 5.92 Å². The molecule has 2 heterocycles. The van der Waals surface area contributed by atoms with E-state index in [1.807, 2.05) is 6.08 Å². The fraction of sp³-hybridized carbons (Fsp3) is 0.667. The first-order chi connectivity index (χ1) is 11.2. The molecular weight excluding hydrogens is 296 g/mol. The van der Waals surface area contributed by atoms with E-state index in [0.717, 1.165) is 31.4 Å². The Hall–Kier alpha value is -1.46. The number of ether oxygens (including phenoxy) is 3. The van der Waals surface area contributed by atoms with Crippen molar-refractivity contribution in [1.82, 2.24) is 0 Å². The van der Waals surface area contributed by atoms with Crippen LogP contribution in [0.3, 0.4) is 0 Å². The molecule has 1 saturated carbocycles. The summed E-state index contributed by atoms with van der Waals surface area (Å²) in [4.78, 5) is 24.6. The molecule has 5 aliphatic rings. The molecule has 0 aromatic rings. The van der Waals surface area contributed by atoms with E-state index >= 15 is 0 Å². The van der Waals surface area contributed by atoms with Crippen LogP contribution >= 0.6 is 0 Å². The van der Waals surface area contributed by atoms with E-state index in [-0.39, 0.29) is 35.4 Å². The van der Waals surface area contributed by atoms with E-state index in [1.54, 1.807) is 0 Å². The second-order valence-corrected chi connectivity index (χ2v) is 7.30. The van der Waals surface area contributed by atoms with Gasteiger partial charge in [0.15, 0.2) is 17.4 Å². The topological polar surface area (TPSA) is 61.8 Å². The molecule has 2 aliphatic heterocycles. The van der Waals surface area contributed by atoms with Gasteiger partial charge in [0.1, 0.15) is 11.9 Å². The molecule has 5 nitrogen and oxygen atoms in total. The molecule has 0 aromatic carbocycles. The maximum Gasteiger partial charge on any atom is 0.229 e. The molecule has 2 saturated heterocycles. The first kappa shape index (κ1) is 13.9. The molecule has 3 fully saturated rings. The zero-order chi connectivity index (χ0) is 15.6. The highest BCUT2D eigenvalue weighted by Gasteiger charge is 2.61. The number of allylic oxidation sites excluding steroid dienone is 3.